The third-order valence-corrected chi connectivity index (χ3v) is 5.80. The molecule has 1 atom stereocenters. The first-order valence-corrected chi connectivity index (χ1v) is 10.7. The zero-order chi connectivity index (χ0) is 20.1. The number of aryl methyl sites for hydroxylation is 1. The predicted octanol–water partition coefficient (Wildman–Crippen LogP) is 3.59. The Labute approximate surface area is 172 Å². The monoisotopic (exact) mass is 390 g/mol. The molecule has 152 valence electrons. The molecule has 0 spiro atoms. The highest BCUT2D eigenvalue weighted by Crippen LogP contribution is 2.30. The minimum absolute atomic E-state index is 0.0366. The number of hydrogen-bond acceptors (Lipinski definition) is 3. The average Bonchev–Trinajstić information content (AvgIpc) is 3.19. The van der Waals surface area contributed by atoms with Crippen molar-refractivity contribution in [3.8, 4) is 11.4 Å². The van der Waals surface area contributed by atoms with E-state index in [0.29, 0.717) is 12.5 Å². The van der Waals surface area contributed by atoms with Crippen LogP contribution in [0, 0.1) is 0 Å². The van der Waals surface area contributed by atoms with Crippen LogP contribution in [0.1, 0.15) is 43.4 Å². The molecule has 0 radical (unpaired) electrons. The summed E-state index contributed by atoms with van der Waals surface area (Å²) in [6.45, 7) is 4.48. The van der Waals surface area contributed by atoms with E-state index >= 15 is 0 Å². The minimum Gasteiger partial charge on any atom is -0.352 e. The van der Waals surface area contributed by atoms with Crippen molar-refractivity contribution in [3.63, 3.8) is 0 Å². The molecule has 1 aromatic carbocycles. The molecule has 0 aromatic heterocycles. The Morgan fingerprint density at radius 2 is 2.00 bits per heavy atom. The molecule has 1 amide bonds. The first-order chi connectivity index (χ1) is 14.2. The molecule has 0 saturated carbocycles. The number of hydrogen-bond donors (Lipinski definition) is 2. The van der Waals surface area contributed by atoms with Crippen molar-refractivity contribution < 1.29 is 4.79 Å². The lowest BCUT2D eigenvalue weighted by Crippen LogP contribution is -2.35. The number of amides is 1. The molecule has 0 bridgehead atoms. The molecule has 1 saturated heterocycles. The molecule has 3 aliphatic heterocycles. The summed E-state index contributed by atoms with van der Waals surface area (Å²) in [6.07, 6.45) is 6.11. The van der Waals surface area contributed by atoms with Crippen molar-refractivity contribution in [3.05, 3.63) is 66.0 Å². The van der Waals surface area contributed by atoms with Gasteiger partial charge in [0.05, 0.1) is 0 Å². The van der Waals surface area contributed by atoms with Crippen molar-refractivity contribution in [2.24, 2.45) is 0 Å². The number of nitrogens with one attached hydrogen (secondary N) is 2. The van der Waals surface area contributed by atoms with Gasteiger partial charge in [0.25, 0.3) is 0 Å². The van der Waals surface area contributed by atoms with Gasteiger partial charge in [-0.2, -0.15) is 0 Å². The Morgan fingerprint density at radius 3 is 2.79 bits per heavy atom. The second kappa shape index (κ2) is 9.23. The van der Waals surface area contributed by atoms with Crippen molar-refractivity contribution >= 4 is 5.91 Å². The van der Waals surface area contributed by atoms with Gasteiger partial charge in [-0.15, -0.1) is 0 Å². The van der Waals surface area contributed by atoms with Crippen LogP contribution in [0.15, 0.2) is 54.7 Å². The lowest BCUT2D eigenvalue weighted by Gasteiger charge is -2.20. The quantitative estimate of drug-likeness (QED) is 0.648. The lowest BCUT2D eigenvalue weighted by atomic mass is 9.95. The highest BCUT2D eigenvalue weighted by molar-refractivity contribution is 5.77. The van der Waals surface area contributed by atoms with Crippen LogP contribution in [0.25, 0.3) is 11.4 Å². The fourth-order valence-corrected chi connectivity index (χ4v) is 4.15. The maximum atomic E-state index is 12.6. The molecule has 0 aliphatic carbocycles. The largest absolute Gasteiger partial charge is 0.352 e. The molecule has 1 aromatic rings. The minimum atomic E-state index is 0.0366. The van der Waals surface area contributed by atoms with Crippen LogP contribution >= 0.6 is 0 Å². The third kappa shape index (κ3) is 5.04. The molecule has 1 fully saturated rings. The van der Waals surface area contributed by atoms with E-state index in [4.69, 9.17) is 4.98 Å². The van der Waals surface area contributed by atoms with Crippen molar-refractivity contribution in [1.29, 1.82) is 0 Å². The number of piperidine rings is 1. The maximum Gasteiger partial charge on any atom is 0.240 e. The normalized spacial score (nSPS) is 16.0. The van der Waals surface area contributed by atoms with Gasteiger partial charge in [0.1, 0.15) is 12.4 Å². The summed E-state index contributed by atoms with van der Waals surface area (Å²) in [5.41, 5.74) is 3.59. The summed E-state index contributed by atoms with van der Waals surface area (Å²) in [5.74, 6) is 1.46. The van der Waals surface area contributed by atoms with Crippen molar-refractivity contribution in [2.75, 3.05) is 13.1 Å². The highest BCUT2D eigenvalue weighted by atomic mass is 16.2. The Morgan fingerprint density at radius 1 is 1.21 bits per heavy atom. The number of carbonyl (C=O) groups excluding carboxylic acids is 1. The van der Waals surface area contributed by atoms with Crippen LogP contribution in [-0.2, 0) is 17.8 Å². The smallest absolute Gasteiger partial charge is 0.240 e. The topological polar surface area (TPSA) is 59.0 Å². The van der Waals surface area contributed by atoms with E-state index < -0.39 is 0 Å². The van der Waals surface area contributed by atoms with Crippen LogP contribution in [0.5, 0.6) is 0 Å². The molecule has 2 N–H and O–H groups in total. The van der Waals surface area contributed by atoms with E-state index in [1.807, 2.05) is 22.9 Å². The molecule has 0 unspecified atom stereocenters. The standard InChI is InChI=1S/C24H30N4O/c1-18(9-10-19-6-3-2-4-7-19)26-23(29)17-28-15-5-8-21-16-22(27-24(21)28)20-11-13-25-14-12-20/h2-8,15-16,18,20,25H,9-14,17H2,1H3,(H,26,29)/t18-/m0/s1. The van der Waals surface area contributed by atoms with Gasteiger partial charge in [-0.25, -0.2) is 4.98 Å². The molecule has 4 rings (SSSR count). The van der Waals surface area contributed by atoms with Gasteiger partial charge in [-0.05, 0) is 69.5 Å². The second-order valence-electron chi connectivity index (χ2n) is 8.11. The van der Waals surface area contributed by atoms with Gasteiger partial charge < -0.3 is 15.2 Å². The number of benzene rings is 1. The van der Waals surface area contributed by atoms with Gasteiger partial charge in [0, 0.05) is 29.4 Å². The predicted molar refractivity (Wildman–Crippen MR) is 116 cm³/mol. The van der Waals surface area contributed by atoms with Gasteiger partial charge in [-0.1, -0.05) is 30.3 Å². The molecular formula is C24H30N4O. The summed E-state index contributed by atoms with van der Waals surface area (Å²) < 4.78 is 1.97. The molecule has 5 heteroatoms. The summed E-state index contributed by atoms with van der Waals surface area (Å²) in [6, 6.07) is 16.8. The Kier molecular flexibility index (Phi) is 6.25. The fourth-order valence-electron chi connectivity index (χ4n) is 4.15. The van der Waals surface area contributed by atoms with Crippen LogP contribution in [-0.4, -0.2) is 34.6 Å². The second-order valence-corrected chi connectivity index (χ2v) is 8.11. The first-order valence-electron chi connectivity index (χ1n) is 10.7. The average molecular weight is 391 g/mol. The summed E-state index contributed by atoms with van der Waals surface area (Å²) in [5, 5.41) is 6.55. The van der Waals surface area contributed by atoms with E-state index in [-0.39, 0.29) is 11.9 Å². The summed E-state index contributed by atoms with van der Waals surface area (Å²) in [4.78, 5) is 17.5. The number of aromatic nitrogens is 2. The Hall–Kier alpha value is -2.66. The molecular weight excluding hydrogens is 360 g/mol. The molecule has 29 heavy (non-hydrogen) atoms. The van der Waals surface area contributed by atoms with E-state index in [1.165, 1.54) is 5.56 Å². The third-order valence-electron chi connectivity index (χ3n) is 5.80. The number of nitrogens with zero attached hydrogens (tertiary/aromatic N) is 2. The van der Waals surface area contributed by atoms with E-state index in [1.54, 1.807) is 0 Å². The number of carbonyl (C=O) groups is 1. The highest BCUT2D eigenvalue weighted by Gasteiger charge is 2.21. The SMILES string of the molecule is C[C@@H](CCc1ccccc1)NC(=O)Cn1cccc2cc(C3CCNCC3)nc1-2. The van der Waals surface area contributed by atoms with Gasteiger partial charge in [0.15, 0.2) is 0 Å². The van der Waals surface area contributed by atoms with Crippen LogP contribution in [0.2, 0.25) is 0 Å². The maximum absolute atomic E-state index is 12.6. The molecule has 3 heterocycles. The summed E-state index contributed by atoms with van der Waals surface area (Å²) >= 11 is 0. The van der Waals surface area contributed by atoms with Crippen molar-refractivity contribution in [2.45, 2.75) is 51.1 Å². The van der Waals surface area contributed by atoms with E-state index in [9.17, 15) is 4.79 Å². The van der Waals surface area contributed by atoms with Crippen LogP contribution in [0.4, 0.5) is 0 Å². The van der Waals surface area contributed by atoms with Crippen molar-refractivity contribution in [1.82, 2.24) is 20.2 Å². The Balaban J connectivity index is 1.37. The van der Waals surface area contributed by atoms with Gasteiger partial charge in [-0.3, -0.25) is 4.79 Å². The number of fused-ring (bicyclic) bond motifs is 1. The fraction of sp³-hybridized carbons (Fsp3) is 0.417. The van der Waals surface area contributed by atoms with Gasteiger partial charge in [0.2, 0.25) is 5.91 Å². The zero-order valence-corrected chi connectivity index (χ0v) is 17.1. The number of rotatable bonds is 7. The van der Waals surface area contributed by atoms with E-state index in [0.717, 1.165) is 55.9 Å². The Bertz CT molecular complexity index is 898. The molecule has 3 aliphatic rings. The van der Waals surface area contributed by atoms with Crippen LogP contribution in [0.3, 0.4) is 0 Å². The van der Waals surface area contributed by atoms with Crippen LogP contribution < -0.4 is 10.6 Å². The lowest BCUT2D eigenvalue weighted by molar-refractivity contribution is -0.122. The van der Waals surface area contributed by atoms with E-state index in [2.05, 4.69) is 54.0 Å². The zero-order valence-electron chi connectivity index (χ0n) is 17.1. The molecule has 5 nitrogen and oxygen atoms in total. The first kappa shape index (κ1) is 19.6. The van der Waals surface area contributed by atoms with Gasteiger partial charge >= 0.3 is 0 Å². The summed E-state index contributed by atoms with van der Waals surface area (Å²) in [7, 11) is 0. The number of pyridine rings is 1.